The Morgan fingerprint density at radius 1 is 1.29 bits per heavy atom. The van der Waals surface area contributed by atoms with Gasteiger partial charge in [0.25, 0.3) is 0 Å². The van der Waals surface area contributed by atoms with Crippen LogP contribution in [0.3, 0.4) is 0 Å². The fourth-order valence-electron chi connectivity index (χ4n) is 1.47. The minimum atomic E-state index is 0.278. The molecule has 14 heavy (non-hydrogen) atoms. The fourth-order valence-corrected chi connectivity index (χ4v) is 1.47. The summed E-state index contributed by atoms with van der Waals surface area (Å²) >= 11 is 0. The topological polar surface area (TPSA) is 56.9 Å². The molecule has 0 radical (unpaired) electrons. The van der Waals surface area contributed by atoms with Crippen LogP contribution in [0.15, 0.2) is 4.99 Å². The summed E-state index contributed by atoms with van der Waals surface area (Å²) < 4.78 is 0. The molecule has 0 saturated carbocycles. The summed E-state index contributed by atoms with van der Waals surface area (Å²) in [6, 6.07) is 0.278. The van der Waals surface area contributed by atoms with Crippen molar-refractivity contribution in [2.75, 3.05) is 33.2 Å². The second-order valence-corrected chi connectivity index (χ2v) is 3.98. The molecule has 5 nitrogen and oxygen atoms in total. The van der Waals surface area contributed by atoms with Crippen molar-refractivity contribution in [3.05, 3.63) is 0 Å². The van der Waals surface area contributed by atoms with E-state index in [-0.39, 0.29) is 6.04 Å². The van der Waals surface area contributed by atoms with Gasteiger partial charge in [0.05, 0.1) is 0 Å². The van der Waals surface area contributed by atoms with Crippen LogP contribution in [0.1, 0.15) is 13.8 Å². The number of aliphatic imine (C=N–C) groups is 1. The molecule has 82 valence electrons. The Morgan fingerprint density at radius 3 is 2.29 bits per heavy atom. The van der Waals surface area contributed by atoms with Gasteiger partial charge < -0.3 is 9.80 Å². The van der Waals surface area contributed by atoms with Gasteiger partial charge in [-0.15, -0.1) is 0 Å². The first kappa shape index (κ1) is 11.3. The van der Waals surface area contributed by atoms with E-state index in [4.69, 9.17) is 5.84 Å². The number of hydrogen-bond acceptors (Lipinski definition) is 3. The number of likely N-dealkylation sites (N-methyl/N-ethyl adjacent to an activating group) is 1. The summed E-state index contributed by atoms with van der Waals surface area (Å²) in [5, 5.41) is 0. The van der Waals surface area contributed by atoms with Gasteiger partial charge in [0.1, 0.15) is 0 Å². The number of nitrogens with zero attached hydrogens (tertiary/aromatic N) is 3. The molecule has 0 spiro atoms. The van der Waals surface area contributed by atoms with Crippen molar-refractivity contribution < 1.29 is 0 Å². The molecule has 1 heterocycles. The Morgan fingerprint density at radius 2 is 1.86 bits per heavy atom. The first-order chi connectivity index (χ1) is 6.63. The molecule has 0 aromatic heterocycles. The van der Waals surface area contributed by atoms with Crippen LogP contribution < -0.4 is 11.3 Å². The first-order valence-corrected chi connectivity index (χ1v) is 5.11. The van der Waals surface area contributed by atoms with E-state index >= 15 is 0 Å². The molecule has 0 aromatic carbocycles. The maximum absolute atomic E-state index is 5.45. The van der Waals surface area contributed by atoms with Crippen molar-refractivity contribution in [1.29, 1.82) is 0 Å². The SMILES string of the molecule is CC(C)N=C(NN)N1CCN(C)CC1. The van der Waals surface area contributed by atoms with Crippen molar-refractivity contribution in [1.82, 2.24) is 15.2 Å². The lowest BCUT2D eigenvalue weighted by Gasteiger charge is -2.34. The summed E-state index contributed by atoms with van der Waals surface area (Å²) in [5.41, 5.74) is 2.68. The highest BCUT2D eigenvalue weighted by atomic mass is 15.4. The maximum atomic E-state index is 5.45. The van der Waals surface area contributed by atoms with E-state index < -0.39 is 0 Å². The molecular formula is C9H21N5. The molecule has 1 saturated heterocycles. The van der Waals surface area contributed by atoms with Gasteiger partial charge >= 0.3 is 0 Å². The quantitative estimate of drug-likeness (QED) is 0.258. The van der Waals surface area contributed by atoms with Crippen LogP contribution in [0.5, 0.6) is 0 Å². The number of rotatable bonds is 1. The van der Waals surface area contributed by atoms with Gasteiger partial charge in [0.2, 0.25) is 5.96 Å². The minimum Gasteiger partial charge on any atom is -0.339 e. The Balaban J connectivity index is 2.53. The smallest absolute Gasteiger partial charge is 0.208 e. The van der Waals surface area contributed by atoms with Crippen LogP contribution in [0, 0.1) is 0 Å². The average molecular weight is 199 g/mol. The Kier molecular flexibility index (Phi) is 4.16. The Labute approximate surface area is 85.9 Å². The van der Waals surface area contributed by atoms with Crippen molar-refractivity contribution in [2.45, 2.75) is 19.9 Å². The monoisotopic (exact) mass is 199 g/mol. The van der Waals surface area contributed by atoms with Crippen molar-refractivity contribution in [3.8, 4) is 0 Å². The lowest BCUT2D eigenvalue weighted by atomic mass is 10.3. The van der Waals surface area contributed by atoms with E-state index in [1.165, 1.54) is 0 Å². The van der Waals surface area contributed by atoms with Crippen LogP contribution in [0.4, 0.5) is 0 Å². The molecule has 1 rings (SSSR count). The lowest BCUT2D eigenvalue weighted by Crippen LogP contribution is -2.53. The van der Waals surface area contributed by atoms with Crippen molar-refractivity contribution in [2.24, 2.45) is 10.8 Å². The zero-order valence-corrected chi connectivity index (χ0v) is 9.32. The first-order valence-electron chi connectivity index (χ1n) is 5.11. The summed E-state index contributed by atoms with van der Waals surface area (Å²) in [6.07, 6.45) is 0. The number of guanidine groups is 1. The van der Waals surface area contributed by atoms with Crippen LogP contribution >= 0.6 is 0 Å². The molecule has 5 heteroatoms. The Bertz CT molecular complexity index is 193. The molecular weight excluding hydrogens is 178 g/mol. The number of nitrogens with two attached hydrogens (primary N) is 1. The van der Waals surface area contributed by atoms with E-state index in [0.717, 1.165) is 32.1 Å². The van der Waals surface area contributed by atoms with Crippen LogP contribution in [-0.2, 0) is 0 Å². The molecule has 1 aliphatic rings. The van der Waals surface area contributed by atoms with Crippen molar-refractivity contribution in [3.63, 3.8) is 0 Å². The highest BCUT2D eigenvalue weighted by Gasteiger charge is 2.16. The molecule has 0 bridgehead atoms. The van der Waals surface area contributed by atoms with Gasteiger partial charge in [0, 0.05) is 32.2 Å². The third-order valence-electron chi connectivity index (χ3n) is 2.31. The third-order valence-corrected chi connectivity index (χ3v) is 2.31. The van der Waals surface area contributed by atoms with Crippen LogP contribution in [-0.4, -0.2) is 55.0 Å². The van der Waals surface area contributed by atoms with Gasteiger partial charge in [-0.25, -0.2) is 10.8 Å². The molecule has 0 unspecified atom stereocenters. The normalized spacial score (nSPS) is 20.4. The molecule has 0 atom stereocenters. The number of hydrogen-bond donors (Lipinski definition) is 2. The number of hydrazine groups is 1. The standard InChI is InChI=1S/C9H21N5/c1-8(2)11-9(12-10)14-6-4-13(3)5-7-14/h8H,4-7,10H2,1-3H3,(H,11,12). The van der Waals surface area contributed by atoms with Gasteiger partial charge in [0.15, 0.2) is 0 Å². The average Bonchev–Trinajstić information content (AvgIpc) is 2.15. The van der Waals surface area contributed by atoms with Gasteiger partial charge in [-0.1, -0.05) is 0 Å². The maximum Gasteiger partial charge on any atom is 0.208 e. The zero-order chi connectivity index (χ0) is 10.6. The largest absolute Gasteiger partial charge is 0.339 e. The van der Waals surface area contributed by atoms with Gasteiger partial charge in [-0.3, -0.25) is 5.43 Å². The summed E-state index contributed by atoms with van der Waals surface area (Å²) in [4.78, 5) is 8.93. The number of piperazine rings is 1. The minimum absolute atomic E-state index is 0.278. The fraction of sp³-hybridized carbons (Fsp3) is 0.889. The van der Waals surface area contributed by atoms with Crippen LogP contribution in [0.25, 0.3) is 0 Å². The number of nitrogens with one attached hydrogen (secondary N) is 1. The molecule has 0 aromatic rings. The highest BCUT2D eigenvalue weighted by molar-refractivity contribution is 5.79. The van der Waals surface area contributed by atoms with Gasteiger partial charge in [-0.2, -0.15) is 0 Å². The molecule has 3 N–H and O–H groups in total. The zero-order valence-electron chi connectivity index (χ0n) is 9.32. The summed E-state index contributed by atoms with van der Waals surface area (Å²) in [6.45, 7) is 8.22. The second kappa shape index (κ2) is 5.17. The van der Waals surface area contributed by atoms with E-state index in [1.54, 1.807) is 0 Å². The van der Waals surface area contributed by atoms with E-state index in [1.807, 2.05) is 13.8 Å². The lowest BCUT2D eigenvalue weighted by molar-refractivity contribution is 0.211. The van der Waals surface area contributed by atoms with Crippen molar-refractivity contribution >= 4 is 5.96 Å². The highest BCUT2D eigenvalue weighted by Crippen LogP contribution is 2.00. The predicted octanol–water partition coefficient (Wildman–Crippen LogP) is -0.538. The van der Waals surface area contributed by atoms with Gasteiger partial charge in [-0.05, 0) is 20.9 Å². The summed E-state index contributed by atoms with van der Waals surface area (Å²) in [5.74, 6) is 6.26. The molecule has 1 fully saturated rings. The van der Waals surface area contributed by atoms with E-state index in [2.05, 4.69) is 27.3 Å². The predicted molar refractivity (Wildman–Crippen MR) is 59.0 cm³/mol. The third kappa shape index (κ3) is 3.16. The van der Waals surface area contributed by atoms with Crippen LogP contribution in [0.2, 0.25) is 0 Å². The summed E-state index contributed by atoms with van der Waals surface area (Å²) in [7, 11) is 2.13. The molecule has 1 aliphatic heterocycles. The molecule has 0 amide bonds. The Hall–Kier alpha value is -0.810. The van der Waals surface area contributed by atoms with E-state index in [9.17, 15) is 0 Å². The molecule has 0 aliphatic carbocycles. The van der Waals surface area contributed by atoms with E-state index in [0.29, 0.717) is 0 Å². The second-order valence-electron chi connectivity index (χ2n) is 3.98.